The highest BCUT2D eigenvalue weighted by molar-refractivity contribution is 8.32. The summed E-state index contributed by atoms with van der Waals surface area (Å²) in [7, 11) is 0.710. The van der Waals surface area contributed by atoms with E-state index in [1.165, 1.54) is 4.90 Å². The molecule has 2 aromatic rings. The molecule has 0 radical (unpaired) electrons. The normalized spacial score (nSPS) is 13.3. The van der Waals surface area contributed by atoms with Crippen molar-refractivity contribution in [3.05, 3.63) is 54.1 Å². The van der Waals surface area contributed by atoms with Gasteiger partial charge in [0, 0.05) is 5.69 Å². The monoisotopic (exact) mass is 432 g/mol. The van der Waals surface area contributed by atoms with Gasteiger partial charge in [-0.1, -0.05) is 12.1 Å². The van der Waals surface area contributed by atoms with E-state index < -0.39 is 27.6 Å². The van der Waals surface area contributed by atoms with E-state index in [0.717, 1.165) is 0 Å². The van der Waals surface area contributed by atoms with E-state index in [2.05, 4.69) is 29.4 Å². The lowest BCUT2D eigenvalue weighted by molar-refractivity contribution is -0.129. The van der Waals surface area contributed by atoms with Gasteiger partial charge in [0.15, 0.2) is 0 Å². The van der Waals surface area contributed by atoms with E-state index in [-0.39, 0.29) is 12.3 Å². The van der Waals surface area contributed by atoms with Crippen LogP contribution in [0.25, 0.3) is 0 Å². The second-order valence-corrected chi connectivity index (χ2v) is 12.8. The van der Waals surface area contributed by atoms with Crippen molar-refractivity contribution in [1.29, 1.82) is 0 Å². The number of anilines is 1. The Hall–Kier alpha value is -2.51. The third-order valence-electron chi connectivity index (χ3n) is 4.44. The Labute approximate surface area is 180 Å². The summed E-state index contributed by atoms with van der Waals surface area (Å²) in [5, 5.41) is 15.5. The van der Waals surface area contributed by atoms with Crippen LogP contribution in [0, 0.1) is 0 Å². The van der Waals surface area contributed by atoms with Crippen LogP contribution in [0.1, 0.15) is 31.9 Å². The van der Waals surface area contributed by atoms with Gasteiger partial charge in [0.1, 0.15) is 11.8 Å². The summed E-state index contributed by atoms with van der Waals surface area (Å²) in [6, 6.07) is 13.8. The molecule has 30 heavy (non-hydrogen) atoms. The molecule has 0 bridgehead atoms. The SMILES string of the molecule is COc1ccc(C(NC(=O)CC(C)(C)O)C(=O)Nc2ccc(S(C)(C)C)cc2)cc1. The fourth-order valence-corrected chi connectivity index (χ4v) is 3.82. The molecule has 0 aliphatic carbocycles. The van der Waals surface area contributed by atoms with E-state index in [1.807, 2.05) is 24.3 Å². The highest BCUT2D eigenvalue weighted by Crippen LogP contribution is 2.45. The maximum atomic E-state index is 13.0. The molecule has 0 aliphatic rings. The van der Waals surface area contributed by atoms with Crippen LogP contribution < -0.4 is 15.4 Å². The zero-order chi connectivity index (χ0) is 22.5. The number of nitrogens with one attached hydrogen (secondary N) is 2. The molecule has 0 saturated heterocycles. The predicted molar refractivity (Wildman–Crippen MR) is 123 cm³/mol. The van der Waals surface area contributed by atoms with Crippen molar-refractivity contribution in [3.8, 4) is 5.75 Å². The zero-order valence-corrected chi connectivity index (χ0v) is 19.3. The average Bonchev–Trinajstić information content (AvgIpc) is 2.64. The molecule has 2 aromatic carbocycles. The molecule has 1 atom stereocenters. The summed E-state index contributed by atoms with van der Waals surface area (Å²) in [6.45, 7) is 3.10. The van der Waals surface area contributed by atoms with Crippen molar-refractivity contribution in [2.75, 3.05) is 31.2 Å². The first kappa shape index (κ1) is 23.8. The van der Waals surface area contributed by atoms with Crippen LogP contribution in [0.3, 0.4) is 0 Å². The number of ether oxygens (including phenoxy) is 1. The van der Waals surface area contributed by atoms with Gasteiger partial charge >= 0.3 is 0 Å². The van der Waals surface area contributed by atoms with Crippen molar-refractivity contribution in [2.45, 2.75) is 36.8 Å². The molecule has 3 N–H and O–H groups in total. The lowest BCUT2D eigenvalue weighted by Crippen LogP contribution is -2.39. The molecule has 2 rings (SSSR count). The number of aliphatic hydroxyl groups is 1. The van der Waals surface area contributed by atoms with Crippen molar-refractivity contribution in [1.82, 2.24) is 5.32 Å². The second kappa shape index (κ2) is 9.53. The van der Waals surface area contributed by atoms with Gasteiger partial charge in [-0.15, -0.1) is 0 Å². The molecular weight excluding hydrogens is 400 g/mol. The molecular formula is C23H32N2O4S. The van der Waals surface area contributed by atoms with Crippen LogP contribution in [0.4, 0.5) is 5.69 Å². The third-order valence-corrected chi connectivity index (χ3v) is 6.13. The standard InChI is InChI=1S/C23H32N2O4S/c1-23(2,28)15-20(26)25-21(16-7-11-18(29-3)12-8-16)22(27)24-17-9-13-19(14-10-17)30(4,5)6/h7-14,21,28H,15H2,1-6H3,(H,24,27)(H,25,26). The summed E-state index contributed by atoms with van der Waals surface area (Å²) in [4.78, 5) is 26.7. The Morgan fingerprint density at radius 1 is 1.03 bits per heavy atom. The summed E-state index contributed by atoms with van der Waals surface area (Å²) in [5.41, 5.74) is 0.103. The maximum absolute atomic E-state index is 13.0. The van der Waals surface area contributed by atoms with E-state index in [9.17, 15) is 14.7 Å². The molecule has 0 fully saturated rings. The van der Waals surface area contributed by atoms with E-state index in [4.69, 9.17) is 4.74 Å². The van der Waals surface area contributed by atoms with Gasteiger partial charge in [-0.05, 0) is 79.5 Å². The summed E-state index contributed by atoms with van der Waals surface area (Å²) in [5.74, 6) is -0.119. The fraction of sp³-hybridized carbons (Fsp3) is 0.391. The fourth-order valence-electron chi connectivity index (χ4n) is 2.86. The van der Waals surface area contributed by atoms with Crippen LogP contribution in [-0.4, -0.2) is 48.4 Å². The smallest absolute Gasteiger partial charge is 0.251 e. The number of benzene rings is 2. The van der Waals surface area contributed by atoms with E-state index in [1.54, 1.807) is 45.2 Å². The quantitative estimate of drug-likeness (QED) is 0.593. The Bertz CT molecular complexity index is 866. The summed E-state index contributed by atoms with van der Waals surface area (Å²) >= 11 is 0. The van der Waals surface area contributed by atoms with Crippen LogP contribution in [0.15, 0.2) is 53.4 Å². The largest absolute Gasteiger partial charge is 0.497 e. The highest BCUT2D eigenvalue weighted by atomic mass is 32.3. The highest BCUT2D eigenvalue weighted by Gasteiger charge is 2.26. The molecule has 0 spiro atoms. The lowest BCUT2D eigenvalue weighted by atomic mass is 10.0. The van der Waals surface area contributed by atoms with Crippen molar-refractivity contribution >= 4 is 27.5 Å². The Morgan fingerprint density at radius 2 is 1.60 bits per heavy atom. The maximum Gasteiger partial charge on any atom is 0.251 e. The van der Waals surface area contributed by atoms with Gasteiger partial charge < -0.3 is 20.5 Å². The Kier molecular flexibility index (Phi) is 7.55. The van der Waals surface area contributed by atoms with Crippen LogP contribution in [0.2, 0.25) is 0 Å². The number of methoxy groups -OCH3 is 1. The number of carbonyl (C=O) groups excluding carboxylic acids is 2. The first-order chi connectivity index (χ1) is 13.9. The molecule has 0 saturated carbocycles. The van der Waals surface area contributed by atoms with Crippen LogP contribution in [0.5, 0.6) is 5.75 Å². The minimum Gasteiger partial charge on any atom is -0.497 e. The molecule has 0 heterocycles. The van der Waals surface area contributed by atoms with Crippen LogP contribution >= 0.6 is 10.0 Å². The molecule has 164 valence electrons. The lowest BCUT2D eigenvalue weighted by Gasteiger charge is -2.26. The number of hydrogen-bond donors (Lipinski definition) is 3. The molecule has 0 aromatic heterocycles. The van der Waals surface area contributed by atoms with Crippen molar-refractivity contribution in [3.63, 3.8) is 0 Å². The minimum absolute atomic E-state index is 0.115. The molecule has 6 nitrogen and oxygen atoms in total. The van der Waals surface area contributed by atoms with E-state index in [0.29, 0.717) is 17.0 Å². The number of rotatable bonds is 8. The molecule has 1 unspecified atom stereocenters. The Morgan fingerprint density at radius 3 is 2.07 bits per heavy atom. The summed E-state index contributed by atoms with van der Waals surface area (Å²) in [6.07, 6.45) is 6.51. The predicted octanol–water partition coefficient (Wildman–Crippen LogP) is 3.71. The minimum atomic E-state index is -1.17. The van der Waals surface area contributed by atoms with Crippen molar-refractivity contribution in [2.24, 2.45) is 0 Å². The topological polar surface area (TPSA) is 87.7 Å². The molecule has 7 heteroatoms. The van der Waals surface area contributed by atoms with E-state index >= 15 is 0 Å². The van der Waals surface area contributed by atoms with Gasteiger partial charge in [-0.3, -0.25) is 9.59 Å². The zero-order valence-electron chi connectivity index (χ0n) is 18.5. The number of hydrogen-bond acceptors (Lipinski definition) is 4. The average molecular weight is 433 g/mol. The number of amides is 2. The number of carbonyl (C=O) groups is 2. The molecule has 0 aliphatic heterocycles. The van der Waals surface area contributed by atoms with Gasteiger partial charge in [0.2, 0.25) is 5.91 Å². The van der Waals surface area contributed by atoms with Gasteiger partial charge in [-0.2, -0.15) is 0 Å². The first-order valence-electron chi connectivity index (χ1n) is 9.64. The van der Waals surface area contributed by atoms with Gasteiger partial charge in [0.05, 0.1) is 19.1 Å². The van der Waals surface area contributed by atoms with Gasteiger partial charge in [0.25, 0.3) is 5.91 Å². The Balaban J connectivity index is 2.23. The first-order valence-corrected chi connectivity index (χ1v) is 12.5. The van der Waals surface area contributed by atoms with Gasteiger partial charge in [-0.25, -0.2) is 10.0 Å². The van der Waals surface area contributed by atoms with Crippen molar-refractivity contribution < 1.29 is 19.4 Å². The second-order valence-electron chi connectivity index (χ2n) is 8.61. The summed E-state index contributed by atoms with van der Waals surface area (Å²) < 4.78 is 5.17. The van der Waals surface area contributed by atoms with Crippen LogP contribution in [-0.2, 0) is 9.59 Å². The molecule has 2 amide bonds. The third kappa shape index (κ3) is 7.07.